The van der Waals surface area contributed by atoms with Crippen molar-refractivity contribution < 1.29 is 14.0 Å². The van der Waals surface area contributed by atoms with Gasteiger partial charge in [-0.25, -0.2) is 4.79 Å². The van der Waals surface area contributed by atoms with Crippen LogP contribution in [0.15, 0.2) is 75.3 Å². The number of halogens is 2. The molecule has 3 aromatic rings. The summed E-state index contributed by atoms with van der Waals surface area (Å²) in [5, 5.41) is 3.19. The van der Waals surface area contributed by atoms with Gasteiger partial charge in [-0.05, 0) is 42.0 Å². The smallest absolute Gasteiger partial charge is 0.329 e. The molecule has 0 saturated carbocycles. The zero-order valence-electron chi connectivity index (χ0n) is 14.5. The van der Waals surface area contributed by atoms with Crippen molar-refractivity contribution in [2.24, 2.45) is 0 Å². The fourth-order valence-corrected chi connectivity index (χ4v) is 3.22. The summed E-state index contributed by atoms with van der Waals surface area (Å²) in [6.07, 6.45) is 1.53. The minimum Gasteiger partial charge on any atom is -0.457 e. The molecule has 2 heterocycles. The molecule has 3 amide bonds. The normalized spacial score (nSPS) is 15.4. The number of benzene rings is 2. The van der Waals surface area contributed by atoms with E-state index in [9.17, 15) is 9.59 Å². The standard InChI is InChI=1S/C21H14BrClN2O3/c22-15-5-3-14(4-6-15)19-10-9-17(28-19)11-18-20(26)25(21(27)24-18)12-13-1-7-16(23)8-2-13/h1-11H,12H2,(H,24,27). The summed E-state index contributed by atoms with van der Waals surface area (Å²) in [5.41, 5.74) is 1.90. The summed E-state index contributed by atoms with van der Waals surface area (Å²) < 4.78 is 6.77. The summed E-state index contributed by atoms with van der Waals surface area (Å²) in [4.78, 5) is 26.0. The molecule has 0 bridgehead atoms. The predicted octanol–water partition coefficient (Wildman–Crippen LogP) is 5.46. The summed E-state index contributed by atoms with van der Waals surface area (Å²) in [5.74, 6) is 0.755. The Bertz CT molecular complexity index is 1070. The van der Waals surface area contributed by atoms with Crippen molar-refractivity contribution in [1.82, 2.24) is 10.2 Å². The lowest BCUT2D eigenvalue weighted by Gasteiger charge is -2.11. The van der Waals surface area contributed by atoms with E-state index in [0.29, 0.717) is 16.5 Å². The number of nitrogens with one attached hydrogen (secondary N) is 1. The fraction of sp³-hybridized carbons (Fsp3) is 0.0476. The maximum Gasteiger partial charge on any atom is 0.329 e. The van der Waals surface area contributed by atoms with E-state index >= 15 is 0 Å². The molecule has 140 valence electrons. The third kappa shape index (κ3) is 3.88. The van der Waals surface area contributed by atoms with Crippen molar-refractivity contribution in [2.75, 3.05) is 0 Å². The minimum atomic E-state index is -0.467. The number of hydrogen-bond acceptors (Lipinski definition) is 3. The first-order valence-corrected chi connectivity index (χ1v) is 9.61. The van der Waals surface area contributed by atoms with Crippen molar-refractivity contribution in [3.8, 4) is 11.3 Å². The Morgan fingerprint density at radius 3 is 2.43 bits per heavy atom. The lowest BCUT2D eigenvalue weighted by Crippen LogP contribution is -2.30. The number of urea groups is 1. The highest BCUT2D eigenvalue weighted by molar-refractivity contribution is 9.10. The van der Waals surface area contributed by atoms with Gasteiger partial charge in [-0.15, -0.1) is 0 Å². The van der Waals surface area contributed by atoms with Gasteiger partial charge in [0.15, 0.2) is 0 Å². The van der Waals surface area contributed by atoms with Crippen LogP contribution < -0.4 is 5.32 Å². The van der Waals surface area contributed by atoms with Crippen molar-refractivity contribution in [1.29, 1.82) is 0 Å². The van der Waals surface area contributed by atoms with E-state index in [0.717, 1.165) is 20.5 Å². The van der Waals surface area contributed by atoms with E-state index in [-0.39, 0.29) is 12.2 Å². The Labute approximate surface area is 174 Å². The van der Waals surface area contributed by atoms with Gasteiger partial charge in [0.05, 0.1) is 6.54 Å². The highest BCUT2D eigenvalue weighted by Crippen LogP contribution is 2.26. The molecule has 1 aliphatic heterocycles. The van der Waals surface area contributed by atoms with Crippen molar-refractivity contribution in [3.63, 3.8) is 0 Å². The van der Waals surface area contributed by atoms with E-state index in [1.165, 1.54) is 6.08 Å². The van der Waals surface area contributed by atoms with Crippen LogP contribution in [0.2, 0.25) is 5.02 Å². The first-order valence-electron chi connectivity index (χ1n) is 8.44. The van der Waals surface area contributed by atoms with Gasteiger partial charge in [0.1, 0.15) is 17.2 Å². The molecule has 1 saturated heterocycles. The molecular weight excluding hydrogens is 444 g/mol. The topological polar surface area (TPSA) is 62.6 Å². The van der Waals surface area contributed by atoms with E-state index in [1.807, 2.05) is 30.3 Å². The predicted molar refractivity (Wildman–Crippen MR) is 110 cm³/mol. The molecule has 4 rings (SSSR count). The molecule has 1 aromatic heterocycles. The van der Waals surface area contributed by atoms with Crippen LogP contribution in [0.25, 0.3) is 17.4 Å². The van der Waals surface area contributed by atoms with Gasteiger partial charge in [0.25, 0.3) is 5.91 Å². The Morgan fingerprint density at radius 1 is 1.00 bits per heavy atom. The maximum atomic E-state index is 12.6. The molecule has 1 N–H and O–H groups in total. The number of furan rings is 1. The zero-order chi connectivity index (χ0) is 19.7. The molecule has 0 aliphatic carbocycles. The molecule has 1 aliphatic rings. The van der Waals surface area contributed by atoms with Gasteiger partial charge in [0, 0.05) is 21.1 Å². The van der Waals surface area contributed by atoms with Crippen LogP contribution in [-0.2, 0) is 11.3 Å². The molecular formula is C21H14BrClN2O3. The number of hydrogen-bond donors (Lipinski definition) is 1. The van der Waals surface area contributed by atoms with Crippen LogP contribution in [0, 0.1) is 0 Å². The maximum absolute atomic E-state index is 12.6. The first-order chi connectivity index (χ1) is 13.5. The Kier molecular flexibility index (Phi) is 5.07. The third-order valence-corrected chi connectivity index (χ3v) is 5.04. The number of rotatable bonds is 4. The molecule has 2 aromatic carbocycles. The van der Waals surface area contributed by atoms with Gasteiger partial charge < -0.3 is 9.73 Å². The van der Waals surface area contributed by atoms with Gasteiger partial charge in [-0.3, -0.25) is 9.69 Å². The summed E-state index contributed by atoms with van der Waals surface area (Å²) >= 11 is 9.27. The van der Waals surface area contributed by atoms with Crippen molar-refractivity contribution >= 4 is 45.5 Å². The molecule has 7 heteroatoms. The van der Waals surface area contributed by atoms with E-state index in [2.05, 4.69) is 21.2 Å². The second-order valence-electron chi connectivity index (χ2n) is 6.21. The molecule has 0 unspecified atom stereocenters. The summed E-state index contributed by atoms with van der Waals surface area (Å²) in [6.45, 7) is 0.168. The van der Waals surface area contributed by atoms with Crippen LogP contribution in [-0.4, -0.2) is 16.8 Å². The molecule has 5 nitrogen and oxygen atoms in total. The monoisotopic (exact) mass is 456 g/mol. The molecule has 0 spiro atoms. The summed E-state index contributed by atoms with van der Waals surface area (Å²) in [6, 6.07) is 17.8. The van der Waals surface area contributed by atoms with Gasteiger partial charge in [-0.1, -0.05) is 51.8 Å². The van der Waals surface area contributed by atoms with Crippen molar-refractivity contribution in [3.05, 3.63) is 87.2 Å². The lowest BCUT2D eigenvalue weighted by molar-refractivity contribution is -0.123. The van der Waals surface area contributed by atoms with Gasteiger partial charge in [-0.2, -0.15) is 0 Å². The van der Waals surface area contributed by atoms with Crippen LogP contribution in [0.3, 0.4) is 0 Å². The molecule has 1 fully saturated rings. The zero-order valence-corrected chi connectivity index (χ0v) is 16.8. The molecule has 0 atom stereocenters. The molecule has 28 heavy (non-hydrogen) atoms. The number of amides is 3. The quantitative estimate of drug-likeness (QED) is 0.418. The Balaban J connectivity index is 1.52. The minimum absolute atomic E-state index is 0.168. The van der Waals surface area contributed by atoms with Gasteiger partial charge >= 0.3 is 6.03 Å². The first kappa shape index (κ1) is 18.5. The van der Waals surface area contributed by atoms with Crippen LogP contribution in [0.4, 0.5) is 4.79 Å². The average Bonchev–Trinajstić information content (AvgIpc) is 3.24. The van der Waals surface area contributed by atoms with Crippen LogP contribution in [0.5, 0.6) is 0 Å². The third-order valence-electron chi connectivity index (χ3n) is 4.26. The fourth-order valence-electron chi connectivity index (χ4n) is 2.83. The Morgan fingerprint density at radius 2 is 1.71 bits per heavy atom. The molecule has 0 radical (unpaired) electrons. The van der Waals surface area contributed by atoms with Gasteiger partial charge in [0.2, 0.25) is 0 Å². The number of carbonyl (C=O) groups is 2. The largest absolute Gasteiger partial charge is 0.457 e. The Hall–Kier alpha value is -2.83. The second kappa shape index (κ2) is 7.66. The highest BCUT2D eigenvalue weighted by atomic mass is 79.9. The second-order valence-corrected chi connectivity index (χ2v) is 7.57. The highest BCUT2D eigenvalue weighted by Gasteiger charge is 2.33. The number of nitrogens with zero attached hydrogens (tertiary/aromatic N) is 1. The van der Waals surface area contributed by atoms with E-state index in [4.69, 9.17) is 16.0 Å². The average molecular weight is 458 g/mol. The van der Waals surface area contributed by atoms with Crippen LogP contribution in [0.1, 0.15) is 11.3 Å². The number of carbonyl (C=O) groups excluding carboxylic acids is 2. The van der Waals surface area contributed by atoms with E-state index < -0.39 is 11.9 Å². The van der Waals surface area contributed by atoms with Crippen molar-refractivity contribution in [2.45, 2.75) is 6.54 Å². The number of imide groups is 1. The van der Waals surface area contributed by atoms with E-state index in [1.54, 1.807) is 30.3 Å². The SMILES string of the molecule is O=C1NC(=Cc2ccc(-c3ccc(Br)cc3)o2)C(=O)N1Cc1ccc(Cl)cc1. The lowest BCUT2D eigenvalue weighted by atomic mass is 10.2. The summed E-state index contributed by atoms with van der Waals surface area (Å²) in [7, 11) is 0. The van der Waals surface area contributed by atoms with Crippen LogP contribution >= 0.6 is 27.5 Å².